The number of benzene rings is 1. The molecule has 0 spiro atoms. The molecule has 1 aromatic carbocycles. The van der Waals surface area contributed by atoms with Crippen LogP contribution in [0.2, 0.25) is 0 Å². The second kappa shape index (κ2) is 8.29. The van der Waals surface area contributed by atoms with E-state index in [9.17, 15) is 0 Å². The highest BCUT2D eigenvalue weighted by atomic mass is 35.5. The van der Waals surface area contributed by atoms with Crippen molar-refractivity contribution in [3.05, 3.63) is 35.9 Å². The molecule has 1 rings (SSSR count). The van der Waals surface area contributed by atoms with E-state index >= 15 is 0 Å². The molecule has 0 saturated carbocycles. The highest BCUT2D eigenvalue weighted by Crippen LogP contribution is 2.32. The molecule has 0 bridgehead atoms. The Kier molecular flexibility index (Phi) is 7.41. The van der Waals surface area contributed by atoms with Crippen molar-refractivity contribution in [1.82, 2.24) is 0 Å². The summed E-state index contributed by atoms with van der Waals surface area (Å²) in [7, 11) is 0. The van der Waals surface area contributed by atoms with E-state index in [-0.39, 0.29) is 5.41 Å². The lowest BCUT2D eigenvalue weighted by Gasteiger charge is -2.30. The van der Waals surface area contributed by atoms with Gasteiger partial charge >= 0.3 is 0 Å². The van der Waals surface area contributed by atoms with Gasteiger partial charge in [0.15, 0.2) is 0 Å². The molecule has 17 heavy (non-hydrogen) atoms. The normalized spacial score (nSPS) is 11.7. The Morgan fingerprint density at radius 3 is 2.29 bits per heavy atom. The molecule has 0 aliphatic heterocycles. The molecule has 0 amide bonds. The van der Waals surface area contributed by atoms with Crippen LogP contribution in [0.1, 0.15) is 25.3 Å². The van der Waals surface area contributed by atoms with Gasteiger partial charge < -0.3 is 0 Å². The van der Waals surface area contributed by atoms with E-state index in [1.807, 2.05) is 17.8 Å². The molecular formula is C14H20Cl2S. The highest BCUT2D eigenvalue weighted by Gasteiger charge is 2.29. The smallest absolute Gasteiger partial charge is 0.0332 e. The van der Waals surface area contributed by atoms with Gasteiger partial charge in [-0.1, -0.05) is 37.3 Å². The molecule has 3 heteroatoms. The molecule has 0 atom stereocenters. The van der Waals surface area contributed by atoms with E-state index in [1.54, 1.807) is 0 Å². The van der Waals surface area contributed by atoms with Gasteiger partial charge in [-0.2, -0.15) is 11.8 Å². The first-order chi connectivity index (χ1) is 8.29. The molecule has 0 aromatic heterocycles. The lowest BCUT2D eigenvalue weighted by atomic mass is 9.80. The Morgan fingerprint density at radius 1 is 1.12 bits per heavy atom. The summed E-state index contributed by atoms with van der Waals surface area (Å²) >= 11 is 14.3. The highest BCUT2D eigenvalue weighted by molar-refractivity contribution is 7.99. The average Bonchev–Trinajstić information content (AvgIpc) is 2.41. The molecular weight excluding hydrogens is 271 g/mol. The van der Waals surface area contributed by atoms with Gasteiger partial charge in [0, 0.05) is 17.2 Å². The molecule has 0 unspecified atom stereocenters. The standard InChI is InChI=1S/C14H20Cl2S/c1-2-17-10-6-9-14(11-15,12-16)13-7-4-3-5-8-13/h3-5,7-8H,2,6,9-12H2,1H3. The topological polar surface area (TPSA) is 0 Å². The Hall–Kier alpha value is 0.150. The van der Waals surface area contributed by atoms with Crippen molar-refractivity contribution in [3.8, 4) is 0 Å². The predicted octanol–water partition coefficient (Wildman–Crippen LogP) is 4.94. The molecule has 96 valence electrons. The van der Waals surface area contributed by atoms with Crippen LogP contribution in [0, 0.1) is 0 Å². The van der Waals surface area contributed by atoms with Gasteiger partial charge in [0.05, 0.1) is 0 Å². The lowest BCUT2D eigenvalue weighted by molar-refractivity contribution is 0.487. The van der Waals surface area contributed by atoms with E-state index in [0.717, 1.165) is 6.42 Å². The molecule has 0 heterocycles. The molecule has 0 fully saturated rings. The van der Waals surface area contributed by atoms with Crippen molar-refractivity contribution in [2.45, 2.75) is 25.2 Å². The van der Waals surface area contributed by atoms with Gasteiger partial charge in [-0.15, -0.1) is 23.2 Å². The maximum absolute atomic E-state index is 6.18. The van der Waals surface area contributed by atoms with Crippen LogP contribution in [0.5, 0.6) is 0 Å². The summed E-state index contributed by atoms with van der Waals surface area (Å²) in [6, 6.07) is 10.4. The SMILES string of the molecule is CCSCCCC(CCl)(CCl)c1ccccc1. The van der Waals surface area contributed by atoms with E-state index in [0.29, 0.717) is 11.8 Å². The van der Waals surface area contributed by atoms with Gasteiger partial charge in [0.2, 0.25) is 0 Å². The molecule has 0 aliphatic carbocycles. The van der Waals surface area contributed by atoms with Crippen molar-refractivity contribution in [2.24, 2.45) is 0 Å². The first-order valence-corrected chi connectivity index (χ1v) is 8.26. The molecule has 1 aromatic rings. The van der Waals surface area contributed by atoms with Crippen LogP contribution in [0.15, 0.2) is 30.3 Å². The fraction of sp³-hybridized carbons (Fsp3) is 0.571. The van der Waals surface area contributed by atoms with Gasteiger partial charge in [0.25, 0.3) is 0 Å². The van der Waals surface area contributed by atoms with Crippen molar-refractivity contribution < 1.29 is 0 Å². The third kappa shape index (κ3) is 4.39. The molecule has 0 nitrogen and oxygen atoms in total. The largest absolute Gasteiger partial charge is 0.162 e. The Balaban J connectivity index is 2.68. The minimum Gasteiger partial charge on any atom is -0.162 e. The minimum absolute atomic E-state index is 0.0569. The minimum atomic E-state index is -0.0569. The third-order valence-electron chi connectivity index (χ3n) is 3.05. The van der Waals surface area contributed by atoms with Crippen LogP contribution in [0.4, 0.5) is 0 Å². The van der Waals surface area contributed by atoms with Crippen molar-refractivity contribution in [3.63, 3.8) is 0 Å². The Labute approximate surface area is 119 Å². The van der Waals surface area contributed by atoms with Crippen molar-refractivity contribution in [2.75, 3.05) is 23.3 Å². The van der Waals surface area contributed by atoms with E-state index in [2.05, 4.69) is 31.2 Å². The fourth-order valence-corrected chi connectivity index (χ4v) is 3.42. The number of halogens is 2. The maximum atomic E-state index is 6.18. The zero-order chi connectivity index (χ0) is 12.6. The summed E-state index contributed by atoms with van der Waals surface area (Å²) < 4.78 is 0. The average molecular weight is 291 g/mol. The summed E-state index contributed by atoms with van der Waals surface area (Å²) in [6.45, 7) is 2.19. The molecule has 0 aliphatic rings. The molecule has 0 radical (unpaired) electrons. The Morgan fingerprint density at radius 2 is 1.76 bits per heavy atom. The van der Waals surface area contributed by atoms with Crippen LogP contribution < -0.4 is 0 Å². The molecule has 0 N–H and O–H groups in total. The van der Waals surface area contributed by atoms with Gasteiger partial charge in [-0.3, -0.25) is 0 Å². The lowest BCUT2D eigenvalue weighted by Crippen LogP contribution is -2.30. The van der Waals surface area contributed by atoms with Crippen LogP contribution >= 0.6 is 35.0 Å². The quantitative estimate of drug-likeness (QED) is 0.483. The zero-order valence-electron chi connectivity index (χ0n) is 10.3. The number of hydrogen-bond acceptors (Lipinski definition) is 1. The van der Waals surface area contributed by atoms with Crippen LogP contribution in [0.25, 0.3) is 0 Å². The number of rotatable bonds is 8. The number of alkyl halides is 2. The number of hydrogen-bond donors (Lipinski definition) is 0. The summed E-state index contributed by atoms with van der Waals surface area (Å²) in [5, 5.41) is 0. The fourth-order valence-electron chi connectivity index (χ4n) is 1.92. The van der Waals surface area contributed by atoms with Crippen LogP contribution in [0.3, 0.4) is 0 Å². The second-order valence-electron chi connectivity index (χ2n) is 4.21. The summed E-state index contributed by atoms with van der Waals surface area (Å²) in [6.07, 6.45) is 2.24. The first-order valence-electron chi connectivity index (χ1n) is 6.04. The van der Waals surface area contributed by atoms with E-state index < -0.39 is 0 Å². The summed E-state index contributed by atoms with van der Waals surface area (Å²) in [5.74, 6) is 3.56. The zero-order valence-corrected chi connectivity index (χ0v) is 12.6. The summed E-state index contributed by atoms with van der Waals surface area (Å²) in [5.41, 5.74) is 1.21. The van der Waals surface area contributed by atoms with Crippen LogP contribution in [-0.4, -0.2) is 23.3 Å². The number of thioether (sulfide) groups is 1. The second-order valence-corrected chi connectivity index (χ2v) is 6.14. The monoisotopic (exact) mass is 290 g/mol. The predicted molar refractivity (Wildman–Crippen MR) is 81.8 cm³/mol. The summed E-state index contributed by atoms with van der Waals surface area (Å²) in [4.78, 5) is 0. The van der Waals surface area contributed by atoms with Gasteiger partial charge in [-0.25, -0.2) is 0 Å². The van der Waals surface area contributed by atoms with Crippen LogP contribution in [-0.2, 0) is 5.41 Å². The Bertz CT molecular complexity index is 296. The molecule has 0 saturated heterocycles. The van der Waals surface area contributed by atoms with Gasteiger partial charge in [0.1, 0.15) is 0 Å². The maximum Gasteiger partial charge on any atom is 0.0332 e. The first kappa shape index (κ1) is 15.2. The third-order valence-corrected chi connectivity index (χ3v) is 5.05. The van der Waals surface area contributed by atoms with Crippen molar-refractivity contribution in [1.29, 1.82) is 0 Å². The van der Waals surface area contributed by atoms with Crippen molar-refractivity contribution >= 4 is 35.0 Å². The van der Waals surface area contributed by atoms with Gasteiger partial charge in [-0.05, 0) is 29.9 Å². The van der Waals surface area contributed by atoms with E-state index in [1.165, 1.54) is 23.5 Å². The van der Waals surface area contributed by atoms with E-state index in [4.69, 9.17) is 23.2 Å².